The number of hydrogen-bond acceptors (Lipinski definition) is 3. The zero-order valence-electron chi connectivity index (χ0n) is 10.5. The van der Waals surface area contributed by atoms with Gasteiger partial charge in [0.2, 0.25) is 0 Å². The topological polar surface area (TPSA) is 94.3 Å². The van der Waals surface area contributed by atoms with Gasteiger partial charge in [-0.2, -0.15) is 0 Å². The summed E-state index contributed by atoms with van der Waals surface area (Å²) >= 11 is 0. The number of nitrogens with zero attached hydrogens (tertiary/aromatic N) is 1. The first-order valence-electron chi connectivity index (χ1n) is 5.73. The van der Waals surface area contributed by atoms with E-state index in [1.807, 2.05) is 36.7 Å². The van der Waals surface area contributed by atoms with Crippen LogP contribution in [0.4, 0.5) is 5.69 Å². The predicted molar refractivity (Wildman–Crippen MR) is 71.4 cm³/mol. The molecule has 1 aromatic carbocycles. The Hall–Kier alpha value is -2.01. The molecule has 0 aliphatic heterocycles. The van der Waals surface area contributed by atoms with E-state index in [1.165, 1.54) is 0 Å². The van der Waals surface area contributed by atoms with Crippen LogP contribution in [0.5, 0.6) is 0 Å². The van der Waals surface area contributed by atoms with Crippen LogP contribution < -0.4 is 11.5 Å². The van der Waals surface area contributed by atoms with Gasteiger partial charge in [-0.25, -0.2) is 0 Å². The summed E-state index contributed by atoms with van der Waals surface area (Å²) in [5.41, 5.74) is 15.1. The maximum Gasteiger partial charge on any atom is 0.320 e. The molecule has 1 atom stereocenters. The molecule has 0 amide bonds. The third kappa shape index (κ3) is 1.93. The number of benzene rings is 1. The molecule has 0 radical (unpaired) electrons. The molecule has 1 aromatic heterocycles. The number of anilines is 1. The van der Waals surface area contributed by atoms with Gasteiger partial charge in [0, 0.05) is 30.2 Å². The molecular formula is C13H17N3O2. The molecule has 0 fully saturated rings. The van der Waals surface area contributed by atoms with E-state index in [0.717, 1.165) is 22.2 Å². The summed E-state index contributed by atoms with van der Waals surface area (Å²) in [5.74, 6) is -0.984. The Labute approximate surface area is 105 Å². The maximum atomic E-state index is 10.9. The molecule has 0 aliphatic rings. The van der Waals surface area contributed by atoms with Crippen molar-refractivity contribution < 1.29 is 9.90 Å². The van der Waals surface area contributed by atoms with Gasteiger partial charge in [0.1, 0.15) is 6.04 Å². The number of carboxylic acid groups (broad SMARTS) is 1. The third-order valence-electron chi connectivity index (χ3n) is 3.39. The first-order chi connectivity index (χ1) is 8.41. The van der Waals surface area contributed by atoms with Crippen molar-refractivity contribution in [3.63, 3.8) is 0 Å². The minimum absolute atomic E-state index is 0.322. The number of hydrogen-bond donors (Lipinski definition) is 3. The Kier molecular flexibility index (Phi) is 3.00. The number of rotatable bonds is 3. The van der Waals surface area contributed by atoms with Gasteiger partial charge < -0.3 is 21.1 Å². The van der Waals surface area contributed by atoms with Crippen LogP contribution in [0, 0.1) is 6.92 Å². The van der Waals surface area contributed by atoms with Crippen LogP contribution in [0.15, 0.2) is 18.2 Å². The van der Waals surface area contributed by atoms with E-state index in [9.17, 15) is 4.79 Å². The van der Waals surface area contributed by atoms with Crippen molar-refractivity contribution in [3.8, 4) is 0 Å². The molecule has 5 nitrogen and oxygen atoms in total. The van der Waals surface area contributed by atoms with Gasteiger partial charge in [0.25, 0.3) is 0 Å². The molecular weight excluding hydrogens is 230 g/mol. The highest BCUT2D eigenvalue weighted by Crippen LogP contribution is 2.27. The Morgan fingerprint density at radius 3 is 2.78 bits per heavy atom. The van der Waals surface area contributed by atoms with Gasteiger partial charge >= 0.3 is 5.97 Å². The van der Waals surface area contributed by atoms with E-state index in [2.05, 4.69) is 0 Å². The second-order valence-electron chi connectivity index (χ2n) is 4.55. The molecule has 1 heterocycles. The van der Waals surface area contributed by atoms with Crippen molar-refractivity contribution in [2.45, 2.75) is 19.4 Å². The highest BCUT2D eigenvalue weighted by atomic mass is 16.4. The lowest BCUT2D eigenvalue weighted by Crippen LogP contribution is -2.32. The lowest BCUT2D eigenvalue weighted by Gasteiger charge is -2.07. The molecule has 2 rings (SSSR count). The molecule has 0 saturated heterocycles. The van der Waals surface area contributed by atoms with Gasteiger partial charge in [0.05, 0.1) is 5.52 Å². The van der Waals surface area contributed by atoms with E-state index in [4.69, 9.17) is 16.6 Å². The fourth-order valence-electron chi connectivity index (χ4n) is 2.22. The van der Waals surface area contributed by atoms with Crippen LogP contribution in [0.2, 0.25) is 0 Å². The fourth-order valence-corrected chi connectivity index (χ4v) is 2.22. The number of carboxylic acids is 1. The summed E-state index contributed by atoms with van der Waals surface area (Å²) in [6.07, 6.45) is 0.322. The van der Waals surface area contributed by atoms with Gasteiger partial charge in [-0.05, 0) is 24.6 Å². The van der Waals surface area contributed by atoms with Crippen LogP contribution in [0.3, 0.4) is 0 Å². The minimum Gasteiger partial charge on any atom is -0.480 e. The zero-order chi connectivity index (χ0) is 13.4. The first kappa shape index (κ1) is 12.4. The summed E-state index contributed by atoms with van der Waals surface area (Å²) in [7, 11) is 1.94. The largest absolute Gasteiger partial charge is 0.480 e. The highest BCUT2D eigenvalue weighted by molar-refractivity contribution is 5.88. The number of fused-ring (bicyclic) bond motifs is 1. The molecule has 0 saturated carbocycles. The standard InChI is InChI=1S/C13H17N3O2/c1-7-10(6-11(15)13(17)18)9-4-3-8(14)5-12(9)16(7)2/h3-5,11H,6,14-15H2,1-2H3,(H,17,18). The van der Waals surface area contributed by atoms with Crippen molar-refractivity contribution >= 4 is 22.6 Å². The van der Waals surface area contributed by atoms with Crippen LogP contribution in [-0.2, 0) is 18.3 Å². The normalized spacial score (nSPS) is 12.8. The number of aryl methyl sites for hydroxylation is 1. The van der Waals surface area contributed by atoms with E-state index < -0.39 is 12.0 Å². The van der Waals surface area contributed by atoms with Crippen LogP contribution in [-0.4, -0.2) is 21.7 Å². The molecule has 5 N–H and O–H groups in total. The monoisotopic (exact) mass is 247 g/mol. The molecule has 18 heavy (non-hydrogen) atoms. The van der Waals surface area contributed by atoms with E-state index >= 15 is 0 Å². The summed E-state index contributed by atoms with van der Waals surface area (Å²) in [6, 6.07) is 4.74. The summed E-state index contributed by atoms with van der Waals surface area (Å²) < 4.78 is 2.01. The lowest BCUT2D eigenvalue weighted by atomic mass is 10.0. The van der Waals surface area contributed by atoms with Gasteiger partial charge in [-0.3, -0.25) is 4.79 Å². The SMILES string of the molecule is Cc1c(CC(N)C(=O)O)c2ccc(N)cc2n1C. The molecule has 0 spiro atoms. The maximum absolute atomic E-state index is 10.9. The Bertz CT molecular complexity index is 616. The number of aliphatic carboxylic acids is 1. The van der Waals surface area contributed by atoms with Crippen LogP contribution in [0.1, 0.15) is 11.3 Å². The van der Waals surface area contributed by atoms with E-state index in [0.29, 0.717) is 12.1 Å². The Morgan fingerprint density at radius 2 is 2.17 bits per heavy atom. The average molecular weight is 247 g/mol. The van der Waals surface area contributed by atoms with Crippen LogP contribution >= 0.6 is 0 Å². The summed E-state index contributed by atoms with van der Waals surface area (Å²) in [5, 5.41) is 9.92. The second-order valence-corrected chi connectivity index (χ2v) is 4.55. The zero-order valence-corrected chi connectivity index (χ0v) is 10.5. The Balaban J connectivity index is 2.57. The molecule has 0 aliphatic carbocycles. The smallest absolute Gasteiger partial charge is 0.320 e. The van der Waals surface area contributed by atoms with Gasteiger partial charge in [-0.1, -0.05) is 6.07 Å². The number of carbonyl (C=O) groups is 1. The second kappa shape index (κ2) is 4.34. The molecule has 2 aromatic rings. The van der Waals surface area contributed by atoms with Gasteiger partial charge in [0.15, 0.2) is 0 Å². The first-order valence-corrected chi connectivity index (χ1v) is 5.73. The molecule has 5 heteroatoms. The molecule has 1 unspecified atom stereocenters. The van der Waals surface area contributed by atoms with Gasteiger partial charge in [-0.15, -0.1) is 0 Å². The Morgan fingerprint density at radius 1 is 1.50 bits per heavy atom. The van der Waals surface area contributed by atoms with Crippen molar-refractivity contribution in [2.24, 2.45) is 12.8 Å². The predicted octanol–water partition coefficient (Wildman–Crippen LogP) is 1.02. The number of nitrogens with two attached hydrogens (primary N) is 2. The molecule has 0 bridgehead atoms. The summed E-state index contributed by atoms with van der Waals surface area (Å²) in [4.78, 5) is 10.9. The summed E-state index contributed by atoms with van der Waals surface area (Å²) in [6.45, 7) is 1.96. The third-order valence-corrected chi connectivity index (χ3v) is 3.39. The van der Waals surface area contributed by atoms with E-state index in [-0.39, 0.29) is 0 Å². The average Bonchev–Trinajstić information content (AvgIpc) is 2.54. The number of nitrogen functional groups attached to an aromatic ring is 1. The van der Waals surface area contributed by atoms with Crippen molar-refractivity contribution in [2.75, 3.05) is 5.73 Å². The number of aromatic nitrogens is 1. The van der Waals surface area contributed by atoms with Crippen LogP contribution in [0.25, 0.3) is 10.9 Å². The lowest BCUT2D eigenvalue weighted by molar-refractivity contribution is -0.138. The van der Waals surface area contributed by atoms with Crippen molar-refractivity contribution in [3.05, 3.63) is 29.5 Å². The van der Waals surface area contributed by atoms with E-state index in [1.54, 1.807) is 0 Å². The van der Waals surface area contributed by atoms with Crippen molar-refractivity contribution in [1.29, 1.82) is 0 Å². The highest BCUT2D eigenvalue weighted by Gasteiger charge is 2.18. The minimum atomic E-state index is -0.984. The molecule has 96 valence electrons. The quantitative estimate of drug-likeness (QED) is 0.706. The fraction of sp³-hybridized carbons (Fsp3) is 0.308. The van der Waals surface area contributed by atoms with Crippen molar-refractivity contribution in [1.82, 2.24) is 4.57 Å².